The van der Waals surface area contributed by atoms with Crippen molar-refractivity contribution in [3.63, 3.8) is 0 Å². The van der Waals surface area contributed by atoms with Gasteiger partial charge >= 0.3 is 0 Å². The first-order chi connectivity index (χ1) is 8.66. The van der Waals surface area contributed by atoms with Crippen LogP contribution in [0.1, 0.15) is 37.8 Å². The molecule has 1 unspecified atom stereocenters. The molecule has 18 heavy (non-hydrogen) atoms. The monoisotopic (exact) mass is 266 g/mol. The quantitative estimate of drug-likeness (QED) is 0.883. The molecule has 1 aliphatic rings. The van der Waals surface area contributed by atoms with Gasteiger partial charge in [0.2, 0.25) is 5.91 Å². The summed E-state index contributed by atoms with van der Waals surface area (Å²) in [5.74, 6) is 0.119. The Balaban J connectivity index is 1.99. The fourth-order valence-electron chi connectivity index (χ4n) is 2.25. The molecule has 1 aliphatic heterocycles. The summed E-state index contributed by atoms with van der Waals surface area (Å²) in [7, 11) is 0. The molecule has 1 fully saturated rings. The van der Waals surface area contributed by atoms with Crippen molar-refractivity contribution in [2.75, 3.05) is 6.54 Å². The van der Waals surface area contributed by atoms with E-state index in [1.165, 1.54) is 0 Å². The number of halogens is 1. The van der Waals surface area contributed by atoms with E-state index in [1.54, 1.807) is 0 Å². The number of carbonyl (C=O) groups excluding carboxylic acids is 1. The molecular formula is C14H19ClN2O. The minimum atomic E-state index is -0.0850. The molecule has 0 bridgehead atoms. The molecular weight excluding hydrogens is 248 g/mol. The summed E-state index contributed by atoms with van der Waals surface area (Å²) in [5.41, 5.74) is 1.15. The van der Waals surface area contributed by atoms with Crippen molar-refractivity contribution < 1.29 is 4.79 Å². The maximum absolute atomic E-state index is 11.8. The van der Waals surface area contributed by atoms with Crippen LogP contribution in [-0.2, 0) is 4.79 Å². The van der Waals surface area contributed by atoms with Crippen molar-refractivity contribution in [2.45, 2.75) is 38.3 Å². The average molecular weight is 267 g/mol. The summed E-state index contributed by atoms with van der Waals surface area (Å²) in [6.45, 7) is 2.87. The first-order valence-electron chi connectivity index (χ1n) is 6.46. The fourth-order valence-corrected chi connectivity index (χ4v) is 2.37. The molecule has 4 heteroatoms. The number of nitrogens with one attached hydrogen (secondary N) is 2. The average Bonchev–Trinajstić information content (AvgIpc) is 2.56. The summed E-state index contributed by atoms with van der Waals surface area (Å²) >= 11 is 5.87. The van der Waals surface area contributed by atoms with Crippen LogP contribution in [0, 0.1) is 0 Å². The molecule has 2 rings (SSSR count). The van der Waals surface area contributed by atoms with Crippen LogP contribution in [0.15, 0.2) is 24.3 Å². The number of carbonyl (C=O) groups is 1. The largest absolute Gasteiger partial charge is 0.355 e. The first-order valence-corrected chi connectivity index (χ1v) is 6.84. The summed E-state index contributed by atoms with van der Waals surface area (Å²) in [6, 6.07) is 7.81. The van der Waals surface area contributed by atoms with Gasteiger partial charge in [-0.1, -0.05) is 23.7 Å². The van der Waals surface area contributed by atoms with E-state index in [0.717, 1.165) is 36.4 Å². The second-order valence-corrected chi connectivity index (χ2v) is 5.22. The molecule has 2 N–H and O–H groups in total. The predicted octanol–water partition coefficient (Wildman–Crippen LogP) is 2.66. The molecule has 1 saturated heterocycles. The maximum Gasteiger partial charge on any atom is 0.237 e. The van der Waals surface area contributed by atoms with Gasteiger partial charge in [0.1, 0.15) is 0 Å². The molecule has 0 spiro atoms. The third-order valence-electron chi connectivity index (χ3n) is 3.36. The Bertz CT molecular complexity index is 405. The Kier molecular flexibility index (Phi) is 4.61. The third-order valence-corrected chi connectivity index (χ3v) is 3.61. The highest BCUT2D eigenvalue weighted by molar-refractivity contribution is 6.30. The second-order valence-electron chi connectivity index (χ2n) is 4.78. The summed E-state index contributed by atoms with van der Waals surface area (Å²) in [4.78, 5) is 11.8. The van der Waals surface area contributed by atoms with Crippen LogP contribution in [0.2, 0.25) is 5.02 Å². The van der Waals surface area contributed by atoms with E-state index in [4.69, 9.17) is 11.6 Å². The Labute approximate surface area is 113 Å². The number of hydrogen-bond acceptors (Lipinski definition) is 2. The molecule has 0 aromatic heterocycles. The van der Waals surface area contributed by atoms with Crippen molar-refractivity contribution in [1.82, 2.24) is 10.6 Å². The van der Waals surface area contributed by atoms with Crippen LogP contribution in [0.4, 0.5) is 0 Å². The standard InChI is InChI=1S/C14H19ClN2O/c1-10(11-5-7-12(15)8-6-11)17-13-4-2-3-9-16-14(13)18/h5-8,10,13,17H,2-4,9H2,1H3,(H,16,18)/t10-,13?/m1/s1. The van der Waals surface area contributed by atoms with Crippen molar-refractivity contribution in [3.05, 3.63) is 34.9 Å². The van der Waals surface area contributed by atoms with Crippen molar-refractivity contribution >= 4 is 17.5 Å². The maximum atomic E-state index is 11.8. The van der Waals surface area contributed by atoms with E-state index in [-0.39, 0.29) is 18.0 Å². The molecule has 0 radical (unpaired) electrons. The summed E-state index contributed by atoms with van der Waals surface area (Å²) in [5, 5.41) is 7.06. The molecule has 1 aromatic rings. The van der Waals surface area contributed by atoms with Gasteiger partial charge in [0.05, 0.1) is 6.04 Å². The third kappa shape index (κ3) is 3.47. The van der Waals surface area contributed by atoms with Gasteiger partial charge in [-0.05, 0) is 43.9 Å². The highest BCUT2D eigenvalue weighted by Crippen LogP contribution is 2.18. The number of rotatable bonds is 3. The van der Waals surface area contributed by atoms with Crippen LogP contribution in [0.5, 0.6) is 0 Å². The zero-order valence-electron chi connectivity index (χ0n) is 10.6. The molecule has 0 aliphatic carbocycles. The minimum absolute atomic E-state index is 0.0850. The lowest BCUT2D eigenvalue weighted by atomic mass is 10.1. The Morgan fingerprint density at radius 1 is 1.33 bits per heavy atom. The van der Waals surface area contributed by atoms with E-state index in [1.807, 2.05) is 24.3 Å². The van der Waals surface area contributed by atoms with Gasteiger partial charge in [-0.2, -0.15) is 0 Å². The van der Waals surface area contributed by atoms with Crippen LogP contribution in [0.25, 0.3) is 0 Å². The lowest BCUT2D eigenvalue weighted by Crippen LogP contribution is -2.43. The van der Waals surface area contributed by atoms with E-state index >= 15 is 0 Å². The van der Waals surface area contributed by atoms with E-state index in [9.17, 15) is 4.79 Å². The van der Waals surface area contributed by atoms with Gasteiger partial charge in [0.15, 0.2) is 0 Å². The van der Waals surface area contributed by atoms with E-state index in [0.29, 0.717) is 0 Å². The van der Waals surface area contributed by atoms with E-state index in [2.05, 4.69) is 17.6 Å². The zero-order chi connectivity index (χ0) is 13.0. The number of benzene rings is 1. The highest BCUT2D eigenvalue weighted by atomic mass is 35.5. The minimum Gasteiger partial charge on any atom is -0.355 e. The van der Waals surface area contributed by atoms with Crippen LogP contribution < -0.4 is 10.6 Å². The lowest BCUT2D eigenvalue weighted by Gasteiger charge is -2.21. The van der Waals surface area contributed by atoms with E-state index < -0.39 is 0 Å². The van der Waals surface area contributed by atoms with Crippen LogP contribution in [-0.4, -0.2) is 18.5 Å². The van der Waals surface area contributed by atoms with Gasteiger partial charge in [0, 0.05) is 17.6 Å². The molecule has 0 saturated carbocycles. The SMILES string of the molecule is C[C@@H](NC1CCCCNC1=O)c1ccc(Cl)cc1. The van der Waals surface area contributed by atoms with Gasteiger partial charge in [0.25, 0.3) is 0 Å². The Morgan fingerprint density at radius 3 is 2.78 bits per heavy atom. The van der Waals surface area contributed by atoms with Crippen LogP contribution in [0.3, 0.4) is 0 Å². The van der Waals surface area contributed by atoms with Crippen molar-refractivity contribution in [2.24, 2.45) is 0 Å². The smallest absolute Gasteiger partial charge is 0.237 e. The van der Waals surface area contributed by atoms with Gasteiger partial charge in [-0.15, -0.1) is 0 Å². The van der Waals surface area contributed by atoms with Gasteiger partial charge < -0.3 is 5.32 Å². The van der Waals surface area contributed by atoms with Crippen molar-refractivity contribution in [1.29, 1.82) is 0 Å². The fraction of sp³-hybridized carbons (Fsp3) is 0.500. The predicted molar refractivity (Wildman–Crippen MR) is 73.7 cm³/mol. The molecule has 3 nitrogen and oxygen atoms in total. The normalized spacial score (nSPS) is 22.1. The van der Waals surface area contributed by atoms with Crippen LogP contribution >= 0.6 is 11.6 Å². The first kappa shape index (κ1) is 13.4. The van der Waals surface area contributed by atoms with Crippen molar-refractivity contribution in [3.8, 4) is 0 Å². The molecule has 1 aromatic carbocycles. The Hall–Kier alpha value is -1.06. The topological polar surface area (TPSA) is 41.1 Å². The van der Waals surface area contributed by atoms with Gasteiger partial charge in [-0.3, -0.25) is 10.1 Å². The Morgan fingerprint density at radius 2 is 2.06 bits per heavy atom. The molecule has 1 heterocycles. The van der Waals surface area contributed by atoms with Gasteiger partial charge in [-0.25, -0.2) is 0 Å². The zero-order valence-corrected chi connectivity index (χ0v) is 11.3. The number of amides is 1. The molecule has 1 amide bonds. The lowest BCUT2D eigenvalue weighted by molar-refractivity contribution is -0.123. The molecule has 2 atom stereocenters. The number of hydrogen-bond donors (Lipinski definition) is 2. The molecule has 98 valence electrons. The summed E-state index contributed by atoms with van der Waals surface area (Å²) in [6.07, 6.45) is 3.06. The highest BCUT2D eigenvalue weighted by Gasteiger charge is 2.22. The second kappa shape index (κ2) is 6.21. The summed E-state index contributed by atoms with van der Waals surface area (Å²) < 4.78 is 0.